The Hall–Kier alpha value is -2.22. The lowest BCUT2D eigenvalue weighted by Crippen LogP contribution is -2.56. The number of benzene rings is 1. The minimum Gasteiger partial charge on any atom is -0.479 e. The number of aliphatic carboxylic acids is 1. The van der Waals surface area contributed by atoms with Gasteiger partial charge >= 0.3 is 5.97 Å². The quantitative estimate of drug-likeness (QED) is 0.586. The summed E-state index contributed by atoms with van der Waals surface area (Å²) >= 11 is 0. The number of rotatable bonds is 6. The fourth-order valence-corrected chi connectivity index (χ4v) is 3.02. The number of carboxylic acid groups (broad SMARTS) is 1. The van der Waals surface area contributed by atoms with Gasteiger partial charge in [-0.25, -0.2) is 4.79 Å². The molecule has 0 radical (unpaired) electrons. The molecule has 26 heavy (non-hydrogen) atoms. The van der Waals surface area contributed by atoms with Crippen molar-refractivity contribution in [2.24, 2.45) is 0 Å². The summed E-state index contributed by atoms with van der Waals surface area (Å²) in [5.74, 6) is -1.42. The first-order valence-electron chi connectivity index (χ1n) is 8.37. The summed E-state index contributed by atoms with van der Waals surface area (Å²) in [7, 11) is 0. The van der Waals surface area contributed by atoms with E-state index in [2.05, 4.69) is 10.2 Å². The van der Waals surface area contributed by atoms with Crippen molar-refractivity contribution in [1.82, 2.24) is 10.2 Å². The Balaban J connectivity index is 2.36. The molecular weight excluding hydrogens is 336 g/mol. The number of H-pyrrole nitrogens is 1. The summed E-state index contributed by atoms with van der Waals surface area (Å²) in [6.45, 7) is 8.83. The zero-order valence-electron chi connectivity index (χ0n) is 15.7. The molecule has 1 unspecified atom stereocenters. The van der Waals surface area contributed by atoms with E-state index >= 15 is 0 Å². The second kappa shape index (κ2) is 7.19. The molecule has 2 aromatic rings. The Morgan fingerprint density at radius 2 is 1.77 bits per heavy atom. The fourth-order valence-electron chi connectivity index (χ4n) is 3.02. The Kier molecular flexibility index (Phi) is 5.55. The molecule has 4 N–H and O–H groups in total. The Morgan fingerprint density at radius 3 is 2.15 bits per heavy atom. The van der Waals surface area contributed by atoms with E-state index in [-0.39, 0.29) is 6.42 Å². The molecule has 0 aliphatic carbocycles. The molecule has 0 bridgehead atoms. The van der Waals surface area contributed by atoms with E-state index in [1.807, 2.05) is 26.0 Å². The number of aliphatic hydroxyl groups excluding tert-OH is 1. The van der Waals surface area contributed by atoms with Gasteiger partial charge in [0.05, 0.1) is 11.3 Å². The average molecular weight is 362 g/mol. The van der Waals surface area contributed by atoms with Crippen LogP contribution in [0.4, 0.5) is 0 Å². The van der Waals surface area contributed by atoms with E-state index < -0.39 is 23.5 Å². The highest BCUT2D eigenvalue weighted by molar-refractivity contribution is 5.79. The SMILES string of the molecule is Cc1n[nH]c(C)c1-c1ccc(CC(OC(C)(C)C)(C(=O)O)C(O)O)cc1. The Labute approximate surface area is 152 Å². The molecule has 0 aliphatic rings. The molecule has 1 atom stereocenters. The number of nitrogens with one attached hydrogen (secondary N) is 1. The second-order valence-electron chi connectivity index (χ2n) is 7.47. The number of carboxylic acids is 1. The first-order valence-corrected chi connectivity index (χ1v) is 8.37. The lowest BCUT2D eigenvalue weighted by molar-refractivity contribution is -0.248. The topological polar surface area (TPSA) is 116 Å². The summed E-state index contributed by atoms with van der Waals surface area (Å²) in [4.78, 5) is 11.8. The molecular formula is C19H26N2O5. The van der Waals surface area contributed by atoms with Gasteiger partial charge in [-0.2, -0.15) is 5.10 Å². The average Bonchev–Trinajstić information content (AvgIpc) is 2.85. The van der Waals surface area contributed by atoms with Crippen molar-refractivity contribution >= 4 is 5.97 Å². The molecule has 1 aromatic carbocycles. The molecule has 7 heteroatoms. The van der Waals surface area contributed by atoms with E-state index in [9.17, 15) is 20.1 Å². The predicted octanol–water partition coefficient (Wildman–Crippen LogP) is 2.19. The van der Waals surface area contributed by atoms with E-state index in [4.69, 9.17) is 4.74 Å². The van der Waals surface area contributed by atoms with Crippen LogP contribution in [0.1, 0.15) is 37.7 Å². The largest absolute Gasteiger partial charge is 0.479 e. The smallest absolute Gasteiger partial charge is 0.341 e. The number of hydrogen-bond acceptors (Lipinski definition) is 5. The number of aromatic nitrogens is 2. The monoisotopic (exact) mass is 362 g/mol. The first-order chi connectivity index (χ1) is 12.0. The maximum Gasteiger partial charge on any atom is 0.341 e. The van der Waals surface area contributed by atoms with Crippen LogP contribution in [0.25, 0.3) is 11.1 Å². The van der Waals surface area contributed by atoms with Crippen LogP contribution in [-0.2, 0) is 16.0 Å². The number of aromatic amines is 1. The summed E-state index contributed by atoms with van der Waals surface area (Å²) in [5.41, 5.74) is 1.35. The first kappa shape index (κ1) is 20.1. The normalized spacial score (nSPS) is 14.5. The van der Waals surface area contributed by atoms with Crippen LogP contribution >= 0.6 is 0 Å². The van der Waals surface area contributed by atoms with Crippen molar-refractivity contribution in [3.63, 3.8) is 0 Å². The van der Waals surface area contributed by atoms with Crippen LogP contribution < -0.4 is 0 Å². The number of aliphatic hydroxyl groups is 2. The summed E-state index contributed by atoms with van der Waals surface area (Å²) in [6.07, 6.45) is -2.35. The van der Waals surface area contributed by atoms with Gasteiger partial charge in [-0.3, -0.25) is 5.10 Å². The lowest BCUT2D eigenvalue weighted by Gasteiger charge is -2.37. The number of hydrogen-bond donors (Lipinski definition) is 4. The van der Waals surface area contributed by atoms with E-state index in [1.165, 1.54) is 0 Å². The van der Waals surface area contributed by atoms with Crippen molar-refractivity contribution in [1.29, 1.82) is 0 Å². The van der Waals surface area contributed by atoms with Crippen LogP contribution in [0, 0.1) is 13.8 Å². The van der Waals surface area contributed by atoms with Crippen molar-refractivity contribution in [3.8, 4) is 11.1 Å². The van der Waals surface area contributed by atoms with Crippen LogP contribution in [-0.4, -0.2) is 49.0 Å². The minimum atomic E-state index is -2.17. The van der Waals surface area contributed by atoms with Crippen LogP contribution in [0.5, 0.6) is 0 Å². The minimum absolute atomic E-state index is 0.180. The maximum absolute atomic E-state index is 11.8. The summed E-state index contributed by atoms with van der Waals surface area (Å²) in [5, 5.41) is 36.3. The van der Waals surface area contributed by atoms with Gasteiger partial charge in [0.15, 0.2) is 6.29 Å². The van der Waals surface area contributed by atoms with E-state index in [1.54, 1.807) is 32.9 Å². The number of nitrogens with zero attached hydrogens (tertiary/aromatic N) is 1. The molecule has 0 amide bonds. The van der Waals surface area contributed by atoms with Crippen LogP contribution in [0.2, 0.25) is 0 Å². The standard InChI is InChI=1S/C19H26N2O5/c1-11-15(12(2)21-20-11)14-8-6-13(7-9-14)10-19(16(22)23,17(24)25)26-18(3,4)5/h6-9,16,22-23H,10H2,1-5H3,(H,20,21)(H,24,25). The molecule has 1 aromatic heterocycles. The molecule has 2 rings (SSSR count). The fraction of sp³-hybridized carbons (Fsp3) is 0.474. The van der Waals surface area contributed by atoms with Crippen molar-refractivity contribution < 1.29 is 24.9 Å². The van der Waals surface area contributed by atoms with Crippen molar-refractivity contribution in [3.05, 3.63) is 41.2 Å². The number of carbonyl (C=O) groups is 1. The van der Waals surface area contributed by atoms with Gasteiger partial charge in [0.1, 0.15) is 0 Å². The van der Waals surface area contributed by atoms with Gasteiger partial charge in [-0.15, -0.1) is 0 Å². The summed E-state index contributed by atoms with van der Waals surface area (Å²) < 4.78 is 5.58. The van der Waals surface area contributed by atoms with Gasteiger partial charge in [-0.05, 0) is 45.7 Å². The highest BCUT2D eigenvalue weighted by Crippen LogP contribution is 2.30. The highest BCUT2D eigenvalue weighted by atomic mass is 16.6. The molecule has 7 nitrogen and oxygen atoms in total. The van der Waals surface area contributed by atoms with Gasteiger partial charge in [0.25, 0.3) is 0 Å². The van der Waals surface area contributed by atoms with Gasteiger partial charge in [-0.1, -0.05) is 24.3 Å². The molecule has 0 fully saturated rings. The zero-order valence-corrected chi connectivity index (χ0v) is 15.7. The molecule has 0 aliphatic heterocycles. The molecule has 0 saturated heterocycles. The Bertz CT molecular complexity index is 755. The van der Waals surface area contributed by atoms with Gasteiger partial charge in [0, 0.05) is 17.7 Å². The molecule has 142 valence electrons. The van der Waals surface area contributed by atoms with Crippen LogP contribution in [0.3, 0.4) is 0 Å². The number of ether oxygens (including phenoxy) is 1. The van der Waals surface area contributed by atoms with Crippen molar-refractivity contribution in [2.45, 2.75) is 58.5 Å². The van der Waals surface area contributed by atoms with Gasteiger partial charge < -0.3 is 20.1 Å². The molecule has 0 saturated carbocycles. The predicted molar refractivity (Wildman–Crippen MR) is 96.6 cm³/mol. The highest BCUT2D eigenvalue weighted by Gasteiger charge is 2.49. The third kappa shape index (κ3) is 4.12. The van der Waals surface area contributed by atoms with Crippen molar-refractivity contribution in [2.75, 3.05) is 0 Å². The number of aryl methyl sites for hydroxylation is 2. The third-order valence-corrected chi connectivity index (χ3v) is 4.10. The van der Waals surface area contributed by atoms with Crippen LogP contribution in [0.15, 0.2) is 24.3 Å². The molecule has 1 heterocycles. The summed E-state index contributed by atoms with van der Waals surface area (Å²) in [6, 6.07) is 7.22. The van der Waals surface area contributed by atoms with Gasteiger partial charge in [0.2, 0.25) is 5.60 Å². The second-order valence-corrected chi connectivity index (χ2v) is 7.47. The third-order valence-electron chi connectivity index (χ3n) is 4.10. The van der Waals surface area contributed by atoms with E-state index in [0.29, 0.717) is 5.56 Å². The maximum atomic E-state index is 11.8. The lowest BCUT2D eigenvalue weighted by atomic mass is 9.91. The zero-order chi connectivity index (χ0) is 19.7. The Morgan fingerprint density at radius 1 is 1.19 bits per heavy atom. The van der Waals surface area contributed by atoms with E-state index in [0.717, 1.165) is 22.5 Å². The molecule has 0 spiro atoms.